The van der Waals surface area contributed by atoms with E-state index in [1.165, 1.54) is 19.3 Å². The fourth-order valence-corrected chi connectivity index (χ4v) is 3.03. The fourth-order valence-electron chi connectivity index (χ4n) is 3.03. The van der Waals surface area contributed by atoms with Gasteiger partial charge in [-0.2, -0.15) is 0 Å². The van der Waals surface area contributed by atoms with E-state index in [9.17, 15) is 0 Å². The highest BCUT2D eigenvalue weighted by Crippen LogP contribution is 2.41. The molecule has 2 aliphatic rings. The van der Waals surface area contributed by atoms with Crippen molar-refractivity contribution in [3.05, 3.63) is 0 Å². The molecule has 0 spiro atoms. The van der Waals surface area contributed by atoms with Crippen molar-refractivity contribution in [3.63, 3.8) is 0 Å². The van der Waals surface area contributed by atoms with Crippen molar-refractivity contribution in [3.8, 4) is 0 Å². The third kappa shape index (κ3) is 2.04. The Morgan fingerprint density at radius 2 is 2.13 bits per heavy atom. The summed E-state index contributed by atoms with van der Waals surface area (Å²) < 4.78 is 6.00. The van der Waals surface area contributed by atoms with Crippen LogP contribution in [0, 0.1) is 11.8 Å². The highest BCUT2D eigenvalue weighted by atomic mass is 16.5. The standard InChI is InChI=1S/C13H23NO/c1-5-12-14-13(3,4)10-7-6-9(2)8-11(10)15-12/h9-11H,5-8H2,1-4H3. The average Bonchev–Trinajstić information content (AvgIpc) is 2.15. The van der Waals surface area contributed by atoms with Crippen LogP contribution in [0.2, 0.25) is 0 Å². The number of fused-ring (bicyclic) bond motifs is 1. The first kappa shape index (κ1) is 11.0. The second-order valence-electron chi connectivity index (χ2n) is 5.69. The number of ether oxygens (including phenoxy) is 1. The molecule has 0 aromatic rings. The van der Waals surface area contributed by atoms with Gasteiger partial charge in [0.2, 0.25) is 0 Å². The second kappa shape index (κ2) is 3.80. The molecular weight excluding hydrogens is 186 g/mol. The number of nitrogens with zero attached hydrogens (tertiary/aromatic N) is 1. The van der Waals surface area contributed by atoms with E-state index in [-0.39, 0.29) is 5.54 Å². The van der Waals surface area contributed by atoms with E-state index in [4.69, 9.17) is 9.73 Å². The smallest absolute Gasteiger partial charge is 0.183 e. The van der Waals surface area contributed by atoms with Crippen molar-refractivity contribution >= 4 is 5.90 Å². The zero-order chi connectivity index (χ0) is 11.1. The minimum Gasteiger partial charge on any atom is -0.477 e. The molecule has 2 heteroatoms. The third-order valence-corrected chi connectivity index (χ3v) is 3.96. The predicted molar refractivity (Wildman–Crippen MR) is 63.2 cm³/mol. The molecule has 86 valence electrons. The molecule has 0 saturated heterocycles. The Labute approximate surface area is 93.1 Å². The van der Waals surface area contributed by atoms with E-state index in [0.29, 0.717) is 12.0 Å². The molecule has 3 unspecified atom stereocenters. The van der Waals surface area contributed by atoms with E-state index >= 15 is 0 Å². The van der Waals surface area contributed by atoms with E-state index in [2.05, 4.69) is 27.7 Å². The molecule has 1 heterocycles. The lowest BCUT2D eigenvalue weighted by atomic mass is 9.71. The maximum absolute atomic E-state index is 6.00. The van der Waals surface area contributed by atoms with Crippen LogP contribution in [-0.4, -0.2) is 17.5 Å². The van der Waals surface area contributed by atoms with Crippen LogP contribution in [0.15, 0.2) is 4.99 Å². The molecule has 1 saturated carbocycles. The zero-order valence-corrected chi connectivity index (χ0v) is 10.4. The predicted octanol–water partition coefficient (Wildman–Crippen LogP) is 3.41. The first-order valence-corrected chi connectivity index (χ1v) is 6.28. The summed E-state index contributed by atoms with van der Waals surface area (Å²) in [6.07, 6.45) is 5.19. The summed E-state index contributed by atoms with van der Waals surface area (Å²) in [5, 5.41) is 0. The van der Waals surface area contributed by atoms with Gasteiger partial charge in [0.05, 0.1) is 5.54 Å². The molecule has 1 aliphatic heterocycles. The van der Waals surface area contributed by atoms with Crippen LogP contribution in [-0.2, 0) is 4.74 Å². The Morgan fingerprint density at radius 3 is 2.80 bits per heavy atom. The van der Waals surface area contributed by atoms with Gasteiger partial charge in [-0.3, -0.25) is 0 Å². The first-order chi connectivity index (χ1) is 7.03. The first-order valence-electron chi connectivity index (χ1n) is 6.28. The molecule has 0 aromatic heterocycles. The highest BCUT2D eigenvalue weighted by Gasteiger charge is 2.43. The van der Waals surface area contributed by atoms with Gasteiger partial charge in [0.15, 0.2) is 5.90 Å². The number of aliphatic imine (C=N–C) groups is 1. The van der Waals surface area contributed by atoms with Crippen LogP contribution in [0.1, 0.15) is 53.4 Å². The highest BCUT2D eigenvalue weighted by molar-refractivity contribution is 5.77. The number of rotatable bonds is 1. The molecule has 0 N–H and O–H groups in total. The van der Waals surface area contributed by atoms with Crippen LogP contribution in [0.4, 0.5) is 0 Å². The summed E-state index contributed by atoms with van der Waals surface area (Å²) in [6, 6.07) is 0. The Hall–Kier alpha value is -0.530. The molecule has 2 rings (SSSR count). The van der Waals surface area contributed by atoms with Gasteiger partial charge in [-0.15, -0.1) is 0 Å². The van der Waals surface area contributed by atoms with E-state index in [1.54, 1.807) is 0 Å². The molecule has 2 nitrogen and oxygen atoms in total. The number of hydrogen-bond acceptors (Lipinski definition) is 2. The summed E-state index contributed by atoms with van der Waals surface area (Å²) in [4.78, 5) is 4.74. The van der Waals surface area contributed by atoms with Gasteiger partial charge < -0.3 is 4.74 Å². The molecule has 15 heavy (non-hydrogen) atoms. The Morgan fingerprint density at radius 1 is 1.40 bits per heavy atom. The lowest BCUT2D eigenvalue weighted by Gasteiger charge is -2.45. The molecule has 0 aromatic carbocycles. The summed E-state index contributed by atoms with van der Waals surface area (Å²) in [7, 11) is 0. The van der Waals surface area contributed by atoms with E-state index < -0.39 is 0 Å². The van der Waals surface area contributed by atoms with Gasteiger partial charge in [0.25, 0.3) is 0 Å². The van der Waals surface area contributed by atoms with Crippen molar-refractivity contribution in [2.75, 3.05) is 0 Å². The lowest BCUT2D eigenvalue weighted by molar-refractivity contribution is 0.00615. The minimum absolute atomic E-state index is 0.0917. The minimum atomic E-state index is 0.0917. The molecule has 1 aliphatic carbocycles. The Bertz CT molecular complexity index is 270. The van der Waals surface area contributed by atoms with Gasteiger partial charge in [-0.25, -0.2) is 4.99 Å². The molecular formula is C13H23NO. The van der Waals surface area contributed by atoms with Crippen molar-refractivity contribution < 1.29 is 4.74 Å². The van der Waals surface area contributed by atoms with Gasteiger partial charge in [-0.1, -0.05) is 20.3 Å². The zero-order valence-electron chi connectivity index (χ0n) is 10.4. The van der Waals surface area contributed by atoms with Gasteiger partial charge in [-0.05, 0) is 32.6 Å². The fraction of sp³-hybridized carbons (Fsp3) is 0.923. The quantitative estimate of drug-likeness (QED) is 0.648. The van der Waals surface area contributed by atoms with Crippen molar-refractivity contribution in [1.29, 1.82) is 0 Å². The lowest BCUT2D eigenvalue weighted by Crippen LogP contribution is -2.48. The summed E-state index contributed by atoms with van der Waals surface area (Å²) in [6.45, 7) is 8.99. The Kier molecular flexibility index (Phi) is 2.78. The Balaban J connectivity index is 2.21. The van der Waals surface area contributed by atoms with Gasteiger partial charge in [0.1, 0.15) is 6.10 Å². The van der Waals surface area contributed by atoms with Crippen LogP contribution in [0.3, 0.4) is 0 Å². The van der Waals surface area contributed by atoms with Crippen LogP contribution in [0.25, 0.3) is 0 Å². The summed E-state index contributed by atoms with van der Waals surface area (Å²) in [5.41, 5.74) is 0.0917. The van der Waals surface area contributed by atoms with Crippen molar-refractivity contribution in [1.82, 2.24) is 0 Å². The molecule has 0 radical (unpaired) electrons. The SMILES string of the molecule is CCC1=NC(C)(C)C2CCC(C)CC2O1. The monoisotopic (exact) mass is 209 g/mol. The topological polar surface area (TPSA) is 21.6 Å². The third-order valence-electron chi connectivity index (χ3n) is 3.96. The van der Waals surface area contributed by atoms with E-state index in [0.717, 1.165) is 18.2 Å². The number of hydrogen-bond donors (Lipinski definition) is 0. The van der Waals surface area contributed by atoms with E-state index in [1.807, 2.05) is 0 Å². The summed E-state index contributed by atoms with van der Waals surface area (Å²) >= 11 is 0. The van der Waals surface area contributed by atoms with Crippen LogP contribution in [0.5, 0.6) is 0 Å². The second-order valence-corrected chi connectivity index (χ2v) is 5.69. The average molecular weight is 209 g/mol. The van der Waals surface area contributed by atoms with Crippen molar-refractivity contribution in [2.24, 2.45) is 16.8 Å². The maximum Gasteiger partial charge on any atom is 0.183 e. The van der Waals surface area contributed by atoms with Gasteiger partial charge in [0, 0.05) is 12.3 Å². The molecule has 3 atom stereocenters. The molecule has 0 amide bonds. The van der Waals surface area contributed by atoms with Crippen molar-refractivity contribution in [2.45, 2.75) is 65.0 Å². The molecule has 0 bridgehead atoms. The van der Waals surface area contributed by atoms with Crippen LogP contribution >= 0.6 is 0 Å². The summed E-state index contributed by atoms with van der Waals surface area (Å²) in [5.74, 6) is 2.41. The normalized spacial score (nSPS) is 38.9. The maximum atomic E-state index is 6.00. The van der Waals surface area contributed by atoms with Crippen LogP contribution < -0.4 is 0 Å². The largest absolute Gasteiger partial charge is 0.477 e. The molecule has 1 fully saturated rings. The van der Waals surface area contributed by atoms with Gasteiger partial charge >= 0.3 is 0 Å².